The van der Waals surface area contributed by atoms with E-state index in [0.29, 0.717) is 19.5 Å². The van der Waals surface area contributed by atoms with Crippen LogP contribution in [0.1, 0.15) is 52.4 Å². The van der Waals surface area contributed by atoms with Crippen LogP contribution in [-0.4, -0.2) is 73.4 Å². The number of piperidine rings is 1. The molecule has 4 atom stereocenters. The van der Waals surface area contributed by atoms with E-state index >= 15 is 0 Å². The van der Waals surface area contributed by atoms with Crippen LogP contribution >= 0.6 is 24.0 Å². The Morgan fingerprint density at radius 2 is 1.67 bits per heavy atom. The van der Waals surface area contributed by atoms with E-state index < -0.39 is 0 Å². The van der Waals surface area contributed by atoms with Gasteiger partial charge in [0.1, 0.15) is 0 Å². The highest BCUT2D eigenvalue weighted by Gasteiger charge is 2.58. The highest BCUT2D eigenvalue weighted by molar-refractivity contribution is 14.0. The minimum atomic E-state index is -0.0895. The zero-order valence-electron chi connectivity index (χ0n) is 20.3. The van der Waals surface area contributed by atoms with E-state index in [1.165, 1.54) is 43.8 Å². The molecule has 4 rings (SSSR count). The van der Waals surface area contributed by atoms with Gasteiger partial charge in [-0.05, 0) is 82.8 Å². The van der Waals surface area contributed by atoms with Gasteiger partial charge in [0.15, 0.2) is 5.96 Å². The second-order valence-corrected chi connectivity index (χ2v) is 10.1. The Morgan fingerprint density at radius 3 is 2.30 bits per heavy atom. The third-order valence-electron chi connectivity index (χ3n) is 7.79. The monoisotopic (exact) mass is 571 g/mol. The average molecular weight is 572 g/mol. The van der Waals surface area contributed by atoms with Crippen molar-refractivity contribution >= 4 is 41.8 Å². The maximum Gasteiger partial charge on any atom is 0.233 e. The lowest BCUT2D eigenvalue weighted by Crippen LogP contribution is -2.38. The summed E-state index contributed by atoms with van der Waals surface area (Å²) in [6.45, 7) is 10.9. The molecule has 0 spiro atoms. The van der Waals surface area contributed by atoms with Crippen LogP contribution in [0.4, 0.5) is 0 Å². The number of likely N-dealkylation sites (tertiary alicyclic amines) is 2. The molecule has 4 unspecified atom stereocenters. The first-order valence-corrected chi connectivity index (χ1v) is 12.9. The van der Waals surface area contributed by atoms with Gasteiger partial charge in [0, 0.05) is 26.2 Å². The zero-order chi connectivity index (χ0) is 22.5. The predicted octanol–water partition coefficient (Wildman–Crippen LogP) is 2.87. The van der Waals surface area contributed by atoms with E-state index in [1.54, 1.807) is 0 Å². The van der Waals surface area contributed by atoms with Crippen molar-refractivity contribution in [2.45, 2.75) is 52.4 Å². The number of nitrogens with zero attached hydrogens (tertiary/aromatic N) is 3. The summed E-state index contributed by atoms with van der Waals surface area (Å²) in [6, 6.07) is 0. The number of nitrogens with one attached hydrogen (secondary N) is 2. The number of carbonyl (C=O) groups is 2. The third kappa shape index (κ3) is 6.29. The summed E-state index contributed by atoms with van der Waals surface area (Å²) in [5.74, 6) is 2.21. The van der Waals surface area contributed by atoms with Gasteiger partial charge in [-0.2, -0.15) is 0 Å². The van der Waals surface area contributed by atoms with Crippen molar-refractivity contribution in [2.24, 2.45) is 34.6 Å². The van der Waals surface area contributed by atoms with Crippen LogP contribution in [0.3, 0.4) is 0 Å². The number of allylic oxidation sites excluding steroid dienone is 2. The van der Waals surface area contributed by atoms with Gasteiger partial charge in [0.2, 0.25) is 11.8 Å². The number of imide groups is 1. The molecule has 186 valence electrons. The van der Waals surface area contributed by atoms with E-state index in [4.69, 9.17) is 0 Å². The van der Waals surface area contributed by atoms with Crippen molar-refractivity contribution in [2.75, 3.05) is 45.8 Å². The van der Waals surface area contributed by atoms with Gasteiger partial charge in [-0.15, -0.1) is 24.0 Å². The molecule has 2 aliphatic carbocycles. The average Bonchev–Trinajstić information content (AvgIpc) is 3.47. The number of aliphatic imine (C=N–C) groups is 1. The SMILES string of the molecule is CCNC(=NCCCN1C(=O)C2C3C=CC(C3)C2C1=O)NCCCCN1CCC(C)CC1.I. The van der Waals surface area contributed by atoms with Crippen LogP contribution in [0.15, 0.2) is 17.1 Å². The number of guanidine groups is 1. The largest absolute Gasteiger partial charge is 0.357 e. The molecule has 2 heterocycles. The van der Waals surface area contributed by atoms with E-state index in [-0.39, 0.29) is 59.5 Å². The van der Waals surface area contributed by atoms with Crippen molar-refractivity contribution in [3.8, 4) is 0 Å². The molecule has 2 amide bonds. The number of hydrogen-bond donors (Lipinski definition) is 2. The fourth-order valence-electron chi connectivity index (χ4n) is 5.90. The Balaban J connectivity index is 0.00000306. The molecular weight excluding hydrogens is 529 g/mol. The molecule has 2 aliphatic heterocycles. The van der Waals surface area contributed by atoms with Gasteiger partial charge in [-0.25, -0.2) is 0 Å². The number of fused-ring (bicyclic) bond motifs is 5. The van der Waals surface area contributed by atoms with Crippen LogP contribution in [0.25, 0.3) is 0 Å². The Labute approximate surface area is 216 Å². The molecule has 33 heavy (non-hydrogen) atoms. The number of amides is 2. The second-order valence-electron chi connectivity index (χ2n) is 10.1. The molecule has 1 saturated carbocycles. The van der Waals surface area contributed by atoms with Crippen molar-refractivity contribution in [3.63, 3.8) is 0 Å². The molecule has 0 aromatic heterocycles. The molecule has 4 aliphatic rings. The summed E-state index contributed by atoms with van der Waals surface area (Å²) < 4.78 is 0. The molecule has 3 fully saturated rings. The number of halogens is 1. The molecule has 2 N–H and O–H groups in total. The fraction of sp³-hybridized carbons (Fsp3) is 0.800. The topological polar surface area (TPSA) is 77.0 Å². The second kappa shape index (κ2) is 12.5. The number of carbonyl (C=O) groups excluding carboxylic acids is 2. The Morgan fingerprint density at radius 1 is 1.00 bits per heavy atom. The molecule has 0 aromatic carbocycles. The van der Waals surface area contributed by atoms with Gasteiger partial charge in [0.25, 0.3) is 0 Å². The summed E-state index contributed by atoms with van der Waals surface area (Å²) in [5, 5.41) is 6.73. The predicted molar refractivity (Wildman–Crippen MR) is 143 cm³/mol. The van der Waals surface area contributed by atoms with Gasteiger partial charge in [-0.1, -0.05) is 19.1 Å². The molecule has 0 aromatic rings. The third-order valence-corrected chi connectivity index (χ3v) is 7.79. The Bertz CT molecular complexity index is 704. The highest BCUT2D eigenvalue weighted by atomic mass is 127. The standard InChI is InChI=1S/C25H41N5O2.HI/c1-3-26-25(27-11-4-5-13-29-15-9-18(2)10-16-29)28-12-6-14-30-23(31)21-19-7-8-20(17-19)22(21)24(30)32;/h7-8,18-22H,3-6,9-17H2,1-2H3,(H2,26,27,28);1H. The normalized spacial score (nSPS) is 29.5. The maximum atomic E-state index is 12.8. The smallest absolute Gasteiger partial charge is 0.233 e. The number of hydrogen-bond acceptors (Lipinski definition) is 4. The lowest BCUT2D eigenvalue weighted by atomic mass is 9.85. The van der Waals surface area contributed by atoms with E-state index in [9.17, 15) is 9.59 Å². The first kappa shape index (κ1) is 26.4. The first-order valence-electron chi connectivity index (χ1n) is 12.9. The molecular formula is C25H42IN5O2. The quantitative estimate of drug-likeness (QED) is 0.105. The van der Waals surface area contributed by atoms with E-state index in [2.05, 4.69) is 46.5 Å². The molecule has 8 heteroatoms. The molecule has 7 nitrogen and oxygen atoms in total. The summed E-state index contributed by atoms with van der Waals surface area (Å²) in [5.41, 5.74) is 0. The van der Waals surface area contributed by atoms with Gasteiger partial charge < -0.3 is 15.5 Å². The minimum absolute atomic E-state index is 0. The first-order chi connectivity index (χ1) is 15.6. The van der Waals surface area contributed by atoms with Crippen LogP contribution in [0.5, 0.6) is 0 Å². The molecule has 2 bridgehead atoms. The summed E-state index contributed by atoms with van der Waals surface area (Å²) in [7, 11) is 0. The summed E-state index contributed by atoms with van der Waals surface area (Å²) in [4.78, 5) is 34.3. The van der Waals surface area contributed by atoms with E-state index in [1.807, 2.05) is 0 Å². The summed E-state index contributed by atoms with van der Waals surface area (Å²) >= 11 is 0. The van der Waals surface area contributed by atoms with Gasteiger partial charge in [0.05, 0.1) is 11.8 Å². The van der Waals surface area contributed by atoms with Crippen LogP contribution in [0, 0.1) is 29.6 Å². The van der Waals surface area contributed by atoms with Gasteiger partial charge in [-0.3, -0.25) is 19.5 Å². The van der Waals surface area contributed by atoms with E-state index in [0.717, 1.165) is 37.8 Å². The lowest BCUT2D eigenvalue weighted by molar-refractivity contribution is -0.140. The minimum Gasteiger partial charge on any atom is -0.357 e. The Kier molecular flexibility index (Phi) is 10.0. The lowest BCUT2D eigenvalue weighted by Gasteiger charge is -2.30. The van der Waals surface area contributed by atoms with Crippen molar-refractivity contribution in [1.82, 2.24) is 20.4 Å². The maximum absolute atomic E-state index is 12.8. The zero-order valence-corrected chi connectivity index (χ0v) is 22.6. The number of unbranched alkanes of at least 4 members (excludes halogenated alkanes) is 1. The fourth-order valence-corrected chi connectivity index (χ4v) is 5.90. The van der Waals surface area contributed by atoms with Crippen LogP contribution in [-0.2, 0) is 9.59 Å². The Hall–Kier alpha value is -1.16. The van der Waals surface area contributed by atoms with Crippen molar-refractivity contribution in [3.05, 3.63) is 12.2 Å². The molecule has 0 radical (unpaired) electrons. The van der Waals surface area contributed by atoms with Gasteiger partial charge >= 0.3 is 0 Å². The van der Waals surface area contributed by atoms with Crippen LogP contribution in [0.2, 0.25) is 0 Å². The van der Waals surface area contributed by atoms with Crippen molar-refractivity contribution in [1.29, 1.82) is 0 Å². The highest BCUT2D eigenvalue weighted by Crippen LogP contribution is 2.52. The van der Waals surface area contributed by atoms with Crippen molar-refractivity contribution < 1.29 is 9.59 Å². The molecule has 2 saturated heterocycles. The summed E-state index contributed by atoms with van der Waals surface area (Å²) in [6.07, 6.45) is 11.0. The number of rotatable bonds is 10. The van der Waals surface area contributed by atoms with Crippen LogP contribution < -0.4 is 10.6 Å².